The number of carbonyl (C=O) groups excluding carboxylic acids is 1. The summed E-state index contributed by atoms with van der Waals surface area (Å²) in [6, 6.07) is 0.737. The zero-order valence-electron chi connectivity index (χ0n) is 11.2. The summed E-state index contributed by atoms with van der Waals surface area (Å²) in [6.07, 6.45) is 4.44. The van der Waals surface area contributed by atoms with Gasteiger partial charge in [-0.2, -0.15) is 11.8 Å². The quantitative estimate of drug-likeness (QED) is 0.834. The first kappa shape index (κ1) is 15.4. The maximum atomic E-state index is 12.4. The molecule has 3 rings (SSSR count). The van der Waals surface area contributed by atoms with E-state index in [0.717, 1.165) is 38.3 Å². The van der Waals surface area contributed by atoms with E-state index in [1.807, 2.05) is 11.8 Å². The van der Waals surface area contributed by atoms with E-state index in [1.54, 1.807) is 0 Å². The maximum Gasteiger partial charge on any atom is 0.224 e. The van der Waals surface area contributed by atoms with Crippen LogP contribution in [0.1, 0.15) is 25.7 Å². The summed E-state index contributed by atoms with van der Waals surface area (Å²) in [7, 11) is 0. The lowest BCUT2D eigenvalue weighted by Gasteiger charge is -2.38. The molecule has 2 saturated heterocycles. The molecule has 1 aliphatic carbocycles. The summed E-state index contributed by atoms with van der Waals surface area (Å²) in [5.74, 6) is 2.58. The van der Waals surface area contributed by atoms with Gasteiger partial charge in [0.2, 0.25) is 5.91 Å². The molecule has 0 aromatic heterocycles. The van der Waals surface area contributed by atoms with Gasteiger partial charge in [0, 0.05) is 37.1 Å². The van der Waals surface area contributed by atoms with Crippen molar-refractivity contribution in [2.75, 3.05) is 31.2 Å². The summed E-state index contributed by atoms with van der Waals surface area (Å²) in [5, 5.41) is 3.45. The number of amides is 1. The average Bonchev–Trinajstić information content (AvgIpc) is 2.87. The van der Waals surface area contributed by atoms with Crippen LogP contribution < -0.4 is 5.32 Å². The molecule has 1 N–H and O–H groups in total. The highest BCUT2D eigenvalue weighted by Crippen LogP contribution is 2.30. The number of morpholine rings is 1. The van der Waals surface area contributed by atoms with Crippen molar-refractivity contribution in [1.29, 1.82) is 0 Å². The lowest BCUT2D eigenvalue weighted by Crippen LogP contribution is -2.53. The third kappa shape index (κ3) is 3.57. The van der Waals surface area contributed by atoms with E-state index in [2.05, 4.69) is 10.2 Å². The second-order valence-corrected chi connectivity index (χ2v) is 6.57. The molecular weight excluding hydrogens is 284 g/mol. The highest BCUT2D eigenvalue weighted by molar-refractivity contribution is 7.99. The van der Waals surface area contributed by atoms with E-state index in [1.165, 1.54) is 12.2 Å². The number of nitrogens with zero attached hydrogens (tertiary/aromatic N) is 1. The van der Waals surface area contributed by atoms with Gasteiger partial charge in [0.25, 0.3) is 0 Å². The summed E-state index contributed by atoms with van der Waals surface area (Å²) in [4.78, 5) is 14.5. The van der Waals surface area contributed by atoms with Gasteiger partial charge in [0.05, 0.1) is 18.8 Å². The normalized spacial score (nSPS) is 34.5. The van der Waals surface area contributed by atoms with Crippen molar-refractivity contribution in [3.05, 3.63) is 0 Å². The Morgan fingerprint density at radius 2 is 2.32 bits per heavy atom. The second-order valence-electron chi connectivity index (χ2n) is 5.42. The Balaban J connectivity index is 0.00000133. The largest absolute Gasteiger partial charge is 0.374 e. The fraction of sp³-hybridized carbons (Fsp3) is 0.923. The van der Waals surface area contributed by atoms with E-state index in [9.17, 15) is 4.79 Å². The lowest BCUT2D eigenvalue weighted by atomic mass is 10.1. The van der Waals surface area contributed by atoms with E-state index in [0.29, 0.717) is 30.5 Å². The first-order valence-corrected chi connectivity index (χ1v) is 8.22. The molecule has 4 nitrogen and oxygen atoms in total. The van der Waals surface area contributed by atoms with Crippen molar-refractivity contribution in [2.24, 2.45) is 0 Å². The number of ether oxygens (including phenoxy) is 1. The molecule has 3 atom stereocenters. The molecule has 1 saturated carbocycles. The smallest absolute Gasteiger partial charge is 0.224 e. The van der Waals surface area contributed by atoms with Crippen molar-refractivity contribution in [1.82, 2.24) is 10.2 Å². The fourth-order valence-corrected chi connectivity index (χ4v) is 4.26. The van der Waals surface area contributed by atoms with Gasteiger partial charge in [-0.15, -0.1) is 12.4 Å². The molecule has 2 aliphatic heterocycles. The Bertz CT molecular complexity index is 313. The molecule has 110 valence electrons. The van der Waals surface area contributed by atoms with E-state index in [-0.39, 0.29) is 12.4 Å². The molecule has 0 radical (unpaired) electrons. The Morgan fingerprint density at radius 3 is 3.11 bits per heavy atom. The Hall–Kier alpha value is 0.0300. The van der Waals surface area contributed by atoms with Gasteiger partial charge in [0.1, 0.15) is 0 Å². The highest BCUT2D eigenvalue weighted by atomic mass is 35.5. The summed E-state index contributed by atoms with van der Waals surface area (Å²) < 4.78 is 5.76. The molecule has 3 fully saturated rings. The standard InChI is InChI=1S/C13H22N2O2S.ClH/c16-13(8-10-9-18-7-4-14-10)15-5-6-17-12-3-1-2-11(12)15;/h10-12,14H,1-9H2;1H. The number of nitrogens with one attached hydrogen (secondary N) is 1. The lowest BCUT2D eigenvalue weighted by molar-refractivity contribution is -0.144. The summed E-state index contributed by atoms with van der Waals surface area (Å²) in [5.41, 5.74) is 0. The Labute approximate surface area is 125 Å². The van der Waals surface area contributed by atoms with Crippen LogP contribution in [0.2, 0.25) is 0 Å². The predicted octanol–water partition coefficient (Wildman–Crippen LogP) is 1.28. The van der Waals surface area contributed by atoms with Crippen LogP contribution in [0.15, 0.2) is 0 Å². The number of hydrogen-bond donors (Lipinski definition) is 1. The molecule has 19 heavy (non-hydrogen) atoms. The molecule has 1 amide bonds. The van der Waals surface area contributed by atoms with E-state index in [4.69, 9.17) is 4.74 Å². The number of halogens is 1. The van der Waals surface area contributed by atoms with Crippen molar-refractivity contribution in [2.45, 2.75) is 43.9 Å². The van der Waals surface area contributed by atoms with Crippen molar-refractivity contribution in [3.63, 3.8) is 0 Å². The molecule has 3 unspecified atom stereocenters. The molecule has 0 spiro atoms. The van der Waals surface area contributed by atoms with E-state index >= 15 is 0 Å². The SMILES string of the molecule is Cl.O=C(CC1CSCCN1)N1CCOC2CCCC21. The van der Waals surface area contributed by atoms with Gasteiger partial charge in [-0.1, -0.05) is 0 Å². The number of hydrogen-bond acceptors (Lipinski definition) is 4. The number of carbonyl (C=O) groups is 1. The molecular formula is C13H23ClN2O2S. The van der Waals surface area contributed by atoms with Crippen molar-refractivity contribution < 1.29 is 9.53 Å². The molecule has 2 heterocycles. The van der Waals surface area contributed by atoms with Crippen LogP contribution in [-0.4, -0.2) is 60.2 Å². The highest BCUT2D eigenvalue weighted by Gasteiger charge is 2.38. The monoisotopic (exact) mass is 306 g/mol. The summed E-state index contributed by atoms with van der Waals surface area (Å²) in [6.45, 7) is 2.55. The second kappa shape index (κ2) is 7.16. The predicted molar refractivity (Wildman–Crippen MR) is 80.1 cm³/mol. The summed E-state index contributed by atoms with van der Waals surface area (Å²) >= 11 is 1.95. The van der Waals surface area contributed by atoms with Crippen LogP contribution >= 0.6 is 24.2 Å². The minimum Gasteiger partial charge on any atom is -0.374 e. The van der Waals surface area contributed by atoms with Gasteiger partial charge in [-0.3, -0.25) is 4.79 Å². The topological polar surface area (TPSA) is 41.6 Å². The first-order valence-electron chi connectivity index (χ1n) is 7.07. The molecule has 0 aromatic carbocycles. The minimum absolute atomic E-state index is 0. The van der Waals surface area contributed by atoms with Gasteiger partial charge in [0.15, 0.2) is 0 Å². The van der Waals surface area contributed by atoms with Gasteiger partial charge >= 0.3 is 0 Å². The minimum atomic E-state index is 0. The zero-order chi connectivity index (χ0) is 12.4. The zero-order valence-corrected chi connectivity index (χ0v) is 12.8. The van der Waals surface area contributed by atoms with Crippen LogP contribution in [0.5, 0.6) is 0 Å². The van der Waals surface area contributed by atoms with Gasteiger partial charge < -0.3 is 15.0 Å². The van der Waals surface area contributed by atoms with Gasteiger partial charge in [-0.05, 0) is 19.3 Å². The fourth-order valence-electron chi connectivity index (χ4n) is 3.31. The number of thioether (sulfide) groups is 1. The van der Waals surface area contributed by atoms with Crippen LogP contribution in [0, 0.1) is 0 Å². The number of fused-ring (bicyclic) bond motifs is 1. The van der Waals surface area contributed by atoms with Crippen molar-refractivity contribution >= 4 is 30.1 Å². The van der Waals surface area contributed by atoms with E-state index < -0.39 is 0 Å². The average molecular weight is 307 g/mol. The van der Waals surface area contributed by atoms with Crippen LogP contribution in [0.3, 0.4) is 0 Å². The Kier molecular flexibility index (Phi) is 5.81. The third-order valence-corrected chi connectivity index (χ3v) is 5.35. The molecule has 6 heteroatoms. The molecule has 0 aromatic rings. The molecule has 3 aliphatic rings. The van der Waals surface area contributed by atoms with Crippen molar-refractivity contribution in [3.8, 4) is 0 Å². The Morgan fingerprint density at radius 1 is 1.42 bits per heavy atom. The van der Waals surface area contributed by atoms with Crippen LogP contribution in [-0.2, 0) is 9.53 Å². The van der Waals surface area contributed by atoms with Crippen LogP contribution in [0.25, 0.3) is 0 Å². The number of rotatable bonds is 2. The van der Waals surface area contributed by atoms with Crippen LogP contribution in [0.4, 0.5) is 0 Å². The molecule has 0 bridgehead atoms. The first-order chi connectivity index (χ1) is 8.84. The third-order valence-electron chi connectivity index (χ3n) is 4.22. The maximum absolute atomic E-state index is 12.4. The van der Waals surface area contributed by atoms with Gasteiger partial charge in [-0.25, -0.2) is 0 Å².